The SMILES string of the molecule is CC.N#CC(CC(O)c1cc(C(F)(F)F)cc(C(F)(F)F)c1)C(O)c1cc(C(F)(F)F)nc(C(F)(F)F)c1.[Fe]. The Balaban J connectivity index is 0.00000470. The number of nitrogens with zero attached hydrogens (tertiary/aromatic N) is 2. The van der Waals surface area contributed by atoms with E-state index in [4.69, 9.17) is 0 Å². The number of rotatable bonds is 5. The van der Waals surface area contributed by atoms with E-state index >= 15 is 0 Å². The number of pyridine rings is 1. The predicted octanol–water partition coefficient (Wildman–Crippen LogP) is 7.48. The third-order valence-corrected chi connectivity index (χ3v) is 4.79. The topological polar surface area (TPSA) is 77.1 Å². The maximum atomic E-state index is 13.0. The van der Waals surface area contributed by atoms with Gasteiger partial charge in [-0.25, -0.2) is 4.98 Å². The first-order valence-electron chi connectivity index (χ1n) is 10.4. The summed E-state index contributed by atoms with van der Waals surface area (Å²) in [6.07, 6.45) is -27.3. The van der Waals surface area contributed by atoms with Crippen LogP contribution in [0.1, 0.15) is 66.1 Å². The van der Waals surface area contributed by atoms with Crippen LogP contribution in [0.25, 0.3) is 0 Å². The molecule has 0 fully saturated rings. The first kappa shape index (κ1) is 36.5. The maximum Gasteiger partial charge on any atom is 0.433 e. The molecule has 0 spiro atoms. The fourth-order valence-electron chi connectivity index (χ4n) is 3.05. The van der Waals surface area contributed by atoms with Gasteiger partial charge in [0, 0.05) is 17.1 Å². The Kier molecular flexibility index (Phi) is 12.3. The molecule has 3 unspecified atom stereocenters. The van der Waals surface area contributed by atoms with E-state index in [-0.39, 0.29) is 47.4 Å². The normalized spacial score (nSPS) is 14.7. The molecule has 2 aromatic rings. The quantitative estimate of drug-likeness (QED) is 0.267. The zero-order valence-electron chi connectivity index (χ0n) is 19.5. The van der Waals surface area contributed by atoms with Crippen molar-refractivity contribution in [3.05, 3.63) is 64.0 Å². The summed E-state index contributed by atoms with van der Waals surface area (Å²) in [6, 6.07) is 1.24. The molecule has 3 atom stereocenters. The van der Waals surface area contributed by atoms with Crippen molar-refractivity contribution in [1.29, 1.82) is 5.26 Å². The molecule has 0 saturated heterocycles. The van der Waals surface area contributed by atoms with Crippen molar-refractivity contribution in [3.8, 4) is 6.07 Å². The van der Waals surface area contributed by atoms with Gasteiger partial charge >= 0.3 is 24.7 Å². The number of benzene rings is 1. The molecular formula is C22H18F12FeN2O2. The van der Waals surface area contributed by atoms with E-state index < -0.39 is 82.9 Å². The van der Waals surface area contributed by atoms with Crippen molar-refractivity contribution < 1.29 is 80.0 Å². The van der Waals surface area contributed by atoms with Crippen LogP contribution in [0.15, 0.2) is 30.3 Å². The number of hydrogen-bond acceptors (Lipinski definition) is 4. The molecule has 0 aliphatic carbocycles. The van der Waals surface area contributed by atoms with E-state index in [0.717, 1.165) is 0 Å². The molecule has 17 heteroatoms. The van der Waals surface area contributed by atoms with Crippen LogP contribution in [0.3, 0.4) is 0 Å². The number of aromatic nitrogens is 1. The molecule has 0 bridgehead atoms. The van der Waals surface area contributed by atoms with Gasteiger partial charge in [0.05, 0.1) is 35.3 Å². The van der Waals surface area contributed by atoms with Gasteiger partial charge in [-0.3, -0.25) is 0 Å². The van der Waals surface area contributed by atoms with Gasteiger partial charge in [-0.1, -0.05) is 13.8 Å². The monoisotopic (exact) mass is 626 g/mol. The van der Waals surface area contributed by atoms with Crippen LogP contribution in [-0.4, -0.2) is 15.2 Å². The Morgan fingerprint density at radius 2 is 1.08 bits per heavy atom. The number of hydrogen-bond donors (Lipinski definition) is 2. The van der Waals surface area contributed by atoms with Gasteiger partial charge in [-0.2, -0.15) is 57.9 Å². The van der Waals surface area contributed by atoms with Gasteiger partial charge in [0.15, 0.2) is 0 Å². The molecule has 220 valence electrons. The van der Waals surface area contributed by atoms with E-state index in [0.29, 0.717) is 0 Å². The molecule has 0 radical (unpaired) electrons. The van der Waals surface area contributed by atoms with Crippen molar-refractivity contribution in [2.75, 3.05) is 0 Å². The minimum absolute atomic E-state index is 0. The van der Waals surface area contributed by atoms with Crippen molar-refractivity contribution in [2.45, 2.75) is 57.2 Å². The van der Waals surface area contributed by atoms with Crippen LogP contribution < -0.4 is 0 Å². The van der Waals surface area contributed by atoms with Gasteiger partial charge in [-0.15, -0.1) is 0 Å². The Morgan fingerprint density at radius 3 is 1.38 bits per heavy atom. The molecule has 0 saturated carbocycles. The largest absolute Gasteiger partial charge is 0.433 e. The maximum absolute atomic E-state index is 13.0. The minimum Gasteiger partial charge on any atom is -0.388 e. The molecule has 1 heterocycles. The summed E-state index contributed by atoms with van der Waals surface area (Å²) in [5.74, 6) is -2.06. The minimum atomic E-state index is -5.41. The van der Waals surface area contributed by atoms with Crippen LogP contribution in [0.2, 0.25) is 0 Å². The molecule has 1 aromatic heterocycles. The van der Waals surface area contributed by atoms with E-state index in [1.807, 2.05) is 13.8 Å². The van der Waals surface area contributed by atoms with Crippen LogP contribution in [0.5, 0.6) is 0 Å². The van der Waals surface area contributed by atoms with Crippen molar-refractivity contribution in [1.82, 2.24) is 4.98 Å². The number of aliphatic hydroxyl groups is 2. The molecule has 39 heavy (non-hydrogen) atoms. The van der Waals surface area contributed by atoms with E-state index in [9.17, 15) is 68.2 Å². The van der Waals surface area contributed by atoms with Crippen LogP contribution in [0, 0.1) is 17.2 Å². The van der Waals surface area contributed by atoms with E-state index in [1.54, 1.807) is 0 Å². The fraction of sp³-hybridized carbons (Fsp3) is 0.455. The average molecular weight is 626 g/mol. The molecule has 4 nitrogen and oxygen atoms in total. The number of alkyl halides is 12. The summed E-state index contributed by atoms with van der Waals surface area (Å²) in [6.45, 7) is 4.00. The van der Waals surface area contributed by atoms with Gasteiger partial charge in [0.1, 0.15) is 11.4 Å². The summed E-state index contributed by atoms with van der Waals surface area (Å²) >= 11 is 0. The smallest absolute Gasteiger partial charge is 0.388 e. The van der Waals surface area contributed by atoms with Gasteiger partial charge in [0.2, 0.25) is 0 Å². The van der Waals surface area contributed by atoms with E-state index in [2.05, 4.69) is 4.98 Å². The first-order chi connectivity index (χ1) is 17.1. The molecule has 2 rings (SSSR count). The summed E-state index contributed by atoms with van der Waals surface area (Å²) in [5.41, 5.74) is -9.94. The Labute approximate surface area is 223 Å². The molecular weight excluding hydrogens is 608 g/mol. The zero-order chi connectivity index (χ0) is 29.9. The average Bonchev–Trinajstić information content (AvgIpc) is 2.80. The molecule has 0 aliphatic heterocycles. The fourth-order valence-corrected chi connectivity index (χ4v) is 3.05. The third kappa shape index (κ3) is 9.86. The molecule has 0 aliphatic rings. The first-order valence-corrected chi connectivity index (χ1v) is 10.4. The standard InChI is InChI=1S/C20H12F12N2O2.C2H6.Fe/c21-17(22,23)11-1-8(2-12(6-11)18(24,25)26)13(35)3-10(7-33)16(36)9-4-14(19(27,28)29)34-15(5-9)20(30,31)32;1-2;/h1-2,4-6,10,13,16,35-36H,3H2;1-2H3;. The number of nitriles is 1. The van der Waals surface area contributed by atoms with Crippen LogP contribution >= 0.6 is 0 Å². The second-order valence-corrected chi connectivity index (χ2v) is 7.44. The van der Waals surface area contributed by atoms with Gasteiger partial charge in [-0.05, 0) is 47.9 Å². The number of halogens is 12. The summed E-state index contributed by atoms with van der Waals surface area (Å²) < 4.78 is 156. The Bertz CT molecular complexity index is 1070. The second kappa shape index (κ2) is 13.2. The predicted molar refractivity (Wildman–Crippen MR) is 106 cm³/mol. The second-order valence-electron chi connectivity index (χ2n) is 7.44. The van der Waals surface area contributed by atoms with Gasteiger partial charge in [0.25, 0.3) is 0 Å². The number of aliphatic hydroxyl groups excluding tert-OH is 2. The van der Waals surface area contributed by atoms with Gasteiger partial charge < -0.3 is 10.2 Å². The Morgan fingerprint density at radius 1 is 0.692 bits per heavy atom. The van der Waals surface area contributed by atoms with Crippen molar-refractivity contribution in [2.24, 2.45) is 5.92 Å². The zero-order valence-corrected chi connectivity index (χ0v) is 20.6. The van der Waals surface area contributed by atoms with Crippen molar-refractivity contribution in [3.63, 3.8) is 0 Å². The van der Waals surface area contributed by atoms with E-state index in [1.165, 1.54) is 6.07 Å². The van der Waals surface area contributed by atoms with Crippen molar-refractivity contribution >= 4 is 0 Å². The molecule has 2 N–H and O–H groups in total. The Hall–Kier alpha value is -2.54. The molecule has 1 aromatic carbocycles. The summed E-state index contributed by atoms with van der Waals surface area (Å²) in [5, 5.41) is 29.7. The van der Waals surface area contributed by atoms with Crippen LogP contribution in [0.4, 0.5) is 52.7 Å². The summed E-state index contributed by atoms with van der Waals surface area (Å²) in [4.78, 5) is 2.41. The third-order valence-electron chi connectivity index (χ3n) is 4.79. The molecule has 0 amide bonds. The van der Waals surface area contributed by atoms with Crippen LogP contribution in [-0.2, 0) is 41.8 Å². The summed E-state index contributed by atoms with van der Waals surface area (Å²) in [7, 11) is 0.